The Hall–Kier alpha value is -3.35. The van der Waals surface area contributed by atoms with Crippen molar-refractivity contribution in [3.05, 3.63) is 110 Å². The van der Waals surface area contributed by atoms with Crippen LogP contribution in [0.25, 0.3) is 0 Å². The molecule has 0 spiro atoms. The van der Waals surface area contributed by atoms with Crippen LogP contribution < -0.4 is 11.2 Å². The first kappa shape index (κ1) is 21.4. The Labute approximate surface area is 182 Å². The van der Waals surface area contributed by atoms with Gasteiger partial charge in [-0.05, 0) is 40.6 Å². The summed E-state index contributed by atoms with van der Waals surface area (Å²) in [5.41, 5.74) is 0.610. The molecule has 3 rings (SSSR count). The van der Waals surface area contributed by atoms with Gasteiger partial charge in [-0.2, -0.15) is 0 Å². The van der Waals surface area contributed by atoms with Crippen LogP contribution in [0.4, 0.5) is 11.4 Å². The van der Waals surface area contributed by atoms with E-state index < -0.39 is 21.1 Å². The van der Waals surface area contributed by atoms with Crippen molar-refractivity contribution < 1.29 is 9.85 Å². The molecule has 0 aliphatic carbocycles. The molecule has 0 aliphatic heterocycles. The van der Waals surface area contributed by atoms with Gasteiger partial charge in [-0.3, -0.25) is 34.2 Å². The summed E-state index contributed by atoms with van der Waals surface area (Å²) in [5, 5.41) is 21.6. The number of hydrogen-bond donors (Lipinski definition) is 0. The molecule has 2 aromatic carbocycles. The molecule has 1 aromatic heterocycles. The van der Waals surface area contributed by atoms with Crippen molar-refractivity contribution in [3.8, 4) is 0 Å². The molecule has 0 bridgehead atoms. The highest BCUT2D eigenvalue weighted by molar-refractivity contribution is 14.1. The number of halogens is 1. The lowest BCUT2D eigenvalue weighted by Crippen LogP contribution is -2.43. The summed E-state index contributed by atoms with van der Waals surface area (Å²) >= 11 is 1.88. The summed E-state index contributed by atoms with van der Waals surface area (Å²) in [6.07, 6.45) is 0. The van der Waals surface area contributed by atoms with Gasteiger partial charge in [-0.15, -0.1) is 0 Å². The van der Waals surface area contributed by atoms with Crippen molar-refractivity contribution >= 4 is 34.0 Å². The van der Waals surface area contributed by atoms with Crippen LogP contribution in [-0.4, -0.2) is 19.0 Å². The summed E-state index contributed by atoms with van der Waals surface area (Å²) in [7, 11) is 0. The Morgan fingerprint density at radius 3 is 1.60 bits per heavy atom. The fraction of sp³-hybridized carbons (Fsp3) is 0.158. The van der Waals surface area contributed by atoms with Crippen LogP contribution in [0.5, 0.6) is 0 Å². The van der Waals surface area contributed by atoms with Gasteiger partial charge in [-0.1, -0.05) is 24.3 Å². The van der Waals surface area contributed by atoms with Crippen molar-refractivity contribution in [2.75, 3.05) is 0 Å². The molecular weight excluding hydrogens is 507 g/mol. The number of non-ortho nitro benzene ring substituents is 2. The molecule has 0 radical (unpaired) electrons. The van der Waals surface area contributed by atoms with E-state index in [4.69, 9.17) is 0 Å². The normalized spacial score (nSPS) is 10.7. The van der Waals surface area contributed by atoms with Crippen LogP contribution in [-0.2, 0) is 13.1 Å². The molecule has 1 heterocycles. The van der Waals surface area contributed by atoms with Gasteiger partial charge in [0, 0.05) is 30.0 Å². The van der Waals surface area contributed by atoms with Crippen molar-refractivity contribution in [1.82, 2.24) is 9.13 Å². The van der Waals surface area contributed by atoms with E-state index >= 15 is 0 Å². The van der Waals surface area contributed by atoms with E-state index in [1.54, 1.807) is 19.1 Å². The quantitative estimate of drug-likeness (QED) is 0.278. The first-order valence-electron chi connectivity index (χ1n) is 8.65. The van der Waals surface area contributed by atoms with Gasteiger partial charge in [0.1, 0.15) is 0 Å². The fourth-order valence-electron chi connectivity index (χ4n) is 2.90. The number of nitro groups is 2. The Balaban J connectivity index is 2.00. The molecule has 0 aliphatic rings. The van der Waals surface area contributed by atoms with E-state index in [1.807, 2.05) is 22.6 Å². The zero-order valence-corrected chi connectivity index (χ0v) is 17.8. The number of nitro benzene ring substituents is 2. The second-order valence-corrected chi connectivity index (χ2v) is 7.59. The molecule has 0 saturated carbocycles. The van der Waals surface area contributed by atoms with Crippen LogP contribution in [0.15, 0.2) is 58.1 Å². The minimum Gasteiger partial charge on any atom is -0.292 e. The first-order valence-corrected chi connectivity index (χ1v) is 9.73. The Bertz CT molecular complexity index is 1250. The number of nitrogens with zero attached hydrogens (tertiary/aromatic N) is 4. The van der Waals surface area contributed by atoms with E-state index in [2.05, 4.69) is 0 Å². The highest BCUT2D eigenvalue weighted by Crippen LogP contribution is 2.15. The third kappa shape index (κ3) is 4.30. The van der Waals surface area contributed by atoms with E-state index in [0.717, 1.165) is 4.57 Å². The van der Waals surface area contributed by atoms with Crippen LogP contribution in [0.1, 0.15) is 16.8 Å². The van der Waals surface area contributed by atoms with E-state index in [0.29, 0.717) is 20.4 Å². The summed E-state index contributed by atoms with van der Waals surface area (Å²) in [5.74, 6) is 0. The Morgan fingerprint density at radius 1 is 0.800 bits per heavy atom. The predicted octanol–water partition coefficient (Wildman–Crippen LogP) is 2.84. The van der Waals surface area contributed by atoms with Gasteiger partial charge in [0.05, 0.1) is 26.5 Å². The maximum absolute atomic E-state index is 13.0. The van der Waals surface area contributed by atoms with E-state index in [9.17, 15) is 29.8 Å². The van der Waals surface area contributed by atoms with E-state index in [1.165, 1.54) is 41.0 Å². The molecule has 0 atom stereocenters. The lowest BCUT2D eigenvalue weighted by Gasteiger charge is -2.15. The highest BCUT2D eigenvalue weighted by Gasteiger charge is 2.16. The van der Waals surface area contributed by atoms with Gasteiger partial charge < -0.3 is 0 Å². The summed E-state index contributed by atoms with van der Waals surface area (Å²) in [6.45, 7) is 1.76. The Morgan fingerprint density at radius 2 is 1.20 bits per heavy atom. The van der Waals surface area contributed by atoms with Gasteiger partial charge >= 0.3 is 5.69 Å². The summed E-state index contributed by atoms with van der Waals surface area (Å²) < 4.78 is 2.87. The third-order valence-electron chi connectivity index (χ3n) is 4.59. The second kappa shape index (κ2) is 8.57. The topological polar surface area (TPSA) is 130 Å². The summed E-state index contributed by atoms with van der Waals surface area (Å²) in [4.78, 5) is 46.3. The molecule has 0 amide bonds. The average Bonchev–Trinajstić information content (AvgIpc) is 2.73. The monoisotopic (exact) mass is 522 g/mol. The molecule has 0 N–H and O–H groups in total. The van der Waals surface area contributed by atoms with Crippen molar-refractivity contribution in [2.24, 2.45) is 0 Å². The van der Waals surface area contributed by atoms with Crippen LogP contribution in [0.3, 0.4) is 0 Å². The van der Waals surface area contributed by atoms with Crippen LogP contribution in [0, 0.1) is 30.7 Å². The molecule has 10 nitrogen and oxygen atoms in total. The lowest BCUT2D eigenvalue weighted by atomic mass is 10.2. The van der Waals surface area contributed by atoms with Crippen LogP contribution in [0.2, 0.25) is 0 Å². The molecule has 3 aromatic rings. The molecule has 30 heavy (non-hydrogen) atoms. The van der Waals surface area contributed by atoms with Crippen LogP contribution >= 0.6 is 22.6 Å². The first-order chi connectivity index (χ1) is 14.2. The van der Waals surface area contributed by atoms with Gasteiger partial charge in [0.15, 0.2) is 0 Å². The van der Waals surface area contributed by atoms with Crippen molar-refractivity contribution in [1.29, 1.82) is 0 Å². The van der Waals surface area contributed by atoms with Crippen molar-refractivity contribution in [3.63, 3.8) is 0 Å². The second-order valence-electron chi connectivity index (χ2n) is 6.51. The molecule has 154 valence electrons. The lowest BCUT2D eigenvalue weighted by molar-refractivity contribution is -0.385. The standard InChI is InChI=1S/C19H15IN4O6/c1-12-17(20)18(25)22(11-14-4-8-16(9-5-14)24(29)30)19(26)21(12)10-13-2-6-15(7-3-13)23(27)28/h2-9H,10-11H2,1H3. The number of benzene rings is 2. The number of aromatic nitrogens is 2. The minimum atomic E-state index is -0.533. The van der Waals surface area contributed by atoms with Crippen molar-refractivity contribution in [2.45, 2.75) is 20.0 Å². The smallest absolute Gasteiger partial charge is 0.292 e. The van der Waals surface area contributed by atoms with Gasteiger partial charge in [-0.25, -0.2) is 4.79 Å². The van der Waals surface area contributed by atoms with E-state index in [-0.39, 0.29) is 24.5 Å². The average molecular weight is 522 g/mol. The molecule has 11 heteroatoms. The number of rotatable bonds is 6. The number of hydrogen-bond acceptors (Lipinski definition) is 6. The predicted molar refractivity (Wildman–Crippen MR) is 117 cm³/mol. The zero-order chi connectivity index (χ0) is 22.0. The SMILES string of the molecule is Cc1c(I)c(=O)n(Cc2ccc([N+](=O)[O-])cc2)c(=O)n1Cc1ccc([N+](=O)[O-])cc1. The van der Waals surface area contributed by atoms with Gasteiger partial charge in [0.2, 0.25) is 0 Å². The maximum atomic E-state index is 13.0. The molecule has 0 saturated heterocycles. The van der Waals surface area contributed by atoms with Gasteiger partial charge in [0.25, 0.3) is 16.9 Å². The molecule has 0 fully saturated rings. The Kier molecular flexibility index (Phi) is 6.10. The maximum Gasteiger partial charge on any atom is 0.331 e. The zero-order valence-electron chi connectivity index (χ0n) is 15.6. The highest BCUT2D eigenvalue weighted by atomic mass is 127. The largest absolute Gasteiger partial charge is 0.331 e. The fourth-order valence-corrected chi connectivity index (χ4v) is 3.49. The third-order valence-corrected chi connectivity index (χ3v) is 5.83. The molecular formula is C19H15IN4O6. The molecule has 0 unspecified atom stereocenters. The minimum absolute atomic E-state index is 0.0355. The summed E-state index contributed by atoms with van der Waals surface area (Å²) in [6, 6.07) is 11.4.